The average molecular weight is 309 g/mol. The predicted molar refractivity (Wildman–Crippen MR) is 87.3 cm³/mol. The molecule has 1 aliphatic heterocycles. The van der Waals surface area contributed by atoms with E-state index in [1.54, 1.807) is 12.1 Å². The fourth-order valence-corrected chi connectivity index (χ4v) is 3.17. The Morgan fingerprint density at radius 3 is 2.70 bits per heavy atom. The number of aromatic nitrogens is 2. The third-order valence-electron chi connectivity index (χ3n) is 4.26. The Morgan fingerprint density at radius 2 is 1.96 bits per heavy atom. The first-order chi connectivity index (χ1) is 11.3. The maximum absolute atomic E-state index is 14.2. The quantitative estimate of drug-likeness (QED) is 0.792. The summed E-state index contributed by atoms with van der Waals surface area (Å²) in [4.78, 5) is 17.6. The van der Waals surface area contributed by atoms with Crippen molar-refractivity contribution in [1.29, 1.82) is 0 Å². The number of rotatable bonds is 2. The van der Waals surface area contributed by atoms with Gasteiger partial charge in [0.2, 0.25) is 0 Å². The molecule has 1 fully saturated rings. The molecule has 2 aromatic carbocycles. The van der Waals surface area contributed by atoms with Crippen molar-refractivity contribution >= 4 is 10.9 Å². The van der Waals surface area contributed by atoms with Gasteiger partial charge in [-0.1, -0.05) is 24.3 Å². The summed E-state index contributed by atoms with van der Waals surface area (Å²) in [5.74, 6) is 0.118. The Hall–Kier alpha value is -2.53. The van der Waals surface area contributed by atoms with E-state index in [1.807, 2.05) is 30.3 Å². The molecule has 4 rings (SSSR count). The van der Waals surface area contributed by atoms with Gasteiger partial charge in [0.1, 0.15) is 17.0 Å². The molecule has 2 heterocycles. The molecule has 1 saturated heterocycles. The Balaban J connectivity index is 2.08. The third kappa shape index (κ3) is 2.33. The number of fused-ring (bicyclic) bond motifs is 1. The zero-order chi connectivity index (χ0) is 15.8. The molecule has 3 aromatic rings. The molecule has 0 saturated carbocycles. The van der Waals surface area contributed by atoms with E-state index < -0.39 is 5.82 Å². The number of nitrogens with one attached hydrogen (secondary N) is 1. The van der Waals surface area contributed by atoms with Gasteiger partial charge < -0.3 is 5.32 Å². The summed E-state index contributed by atoms with van der Waals surface area (Å²) in [5, 5.41) is 3.41. The molecular formula is C18H16FN3O. The van der Waals surface area contributed by atoms with Gasteiger partial charge in [0.15, 0.2) is 0 Å². The van der Waals surface area contributed by atoms with Gasteiger partial charge in [-0.15, -0.1) is 0 Å². The van der Waals surface area contributed by atoms with E-state index in [1.165, 1.54) is 10.6 Å². The summed E-state index contributed by atoms with van der Waals surface area (Å²) in [5.41, 5.74) is 0.757. The highest BCUT2D eigenvalue weighted by atomic mass is 19.1. The van der Waals surface area contributed by atoms with Crippen LogP contribution in [0.1, 0.15) is 24.7 Å². The molecule has 0 bridgehead atoms. The molecule has 0 amide bonds. The first-order valence-electron chi connectivity index (χ1n) is 7.75. The summed E-state index contributed by atoms with van der Waals surface area (Å²) < 4.78 is 15.7. The lowest BCUT2D eigenvalue weighted by Crippen LogP contribution is -2.29. The molecule has 1 atom stereocenters. The number of hydrogen-bond acceptors (Lipinski definition) is 3. The summed E-state index contributed by atoms with van der Waals surface area (Å²) in [6, 6.07) is 13.9. The average Bonchev–Trinajstić information content (AvgIpc) is 3.09. The second-order valence-electron chi connectivity index (χ2n) is 5.73. The molecule has 116 valence electrons. The Labute approximate surface area is 132 Å². The second-order valence-corrected chi connectivity index (χ2v) is 5.73. The summed E-state index contributed by atoms with van der Waals surface area (Å²) in [6.45, 7) is 0.899. The zero-order valence-corrected chi connectivity index (χ0v) is 12.5. The molecule has 0 aliphatic carbocycles. The van der Waals surface area contributed by atoms with Crippen LogP contribution in [0.3, 0.4) is 0 Å². The zero-order valence-electron chi connectivity index (χ0n) is 12.5. The lowest BCUT2D eigenvalue weighted by molar-refractivity contribution is 0.581. The highest BCUT2D eigenvalue weighted by Crippen LogP contribution is 2.25. The van der Waals surface area contributed by atoms with Gasteiger partial charge in [0.05, 0.1) is 17.2 Å². The van der Waals surface area contributed by atoms with E-state index >= 15 is 0 Å². The minimum Gasteiger partial charge on any atom is -0.307 e. The van der Waals surface area contributed by atoms with Gasteiger partial charge in [-0.05, 0) is 43.7 Å². The van der Waals surface area contributed by atoms with Crippen molar-refractivity contribution in [3.05, 3.63) is 70.5 Å². The molecule has 1 aliphatic rings. The van der Waals surface area contributed by atoms with E-state index in [9.17, 15) is 9.18 Å². The van der Waals surface area contributed by atoms with Crippen LogP contribution in [0, 0.1) is 5.82 Å². The molecule has 23 heavy (non-hydrogen) atoms. The van der Waals surface area contributed by atoms with Crippen LogP contribution >= 0.6 is 0 Å². The van der Waals surface area contributed by atoms with E-state index in [4.69, 9.17) is 0 Å². The molecule has 0 spiro atoms. The van der Waals surface area contributed by atoms with Gasteiger partial charge in [-0.2, -0.15) is 0 Å². The van der Waals surface area contributed by atoms with Crippen LogP contribution in [0.15, 0.2) is 53.3 Å². The van der Waals surface area contributed by atoms with Gasteiger partial charge >= 0.3 is 0 Å². The van der Waals surface area contributed by atoms with Crippen LogP contribution in [-0.2, 0) is 0 Å². The Morgan fingerprint density at radius 1 is 1.13 bits per heavy atom. The first kappa shape index (κ1) is 14.1. The van der Waals surface area contributed by atoms with E-state index in [0.29, 0.717) is 17.0 Å². The summed E-state index contributed by atoms with van der Waals surface area (Å²) in [7, 11) is 0. The smallest absolute Gasteiger partial charge is 0.269 e. The largest absolute Gasteiger partial charge is 0.307 e. The first-order valence-corrected chi connectivity index (χ1v) is 7.75. The van der Waals surface area contributed by atoms with E-state index in [0.717, 1.165) is 19.4 Å². The Kier molecular flexibility index (Phi) is 3.42. The normalized spacial score (nSPS) is 17.7. The van der Waals surface area contributed by atoms with Crippen molar-refractivity contribution in [3.63, 3.8) is 0 Å². The highest BCUT2D eigenvalue weighted by Gasteiger charge is 2.24. The van der Waals surface area contributed by atoms with Crippen molar-refractivity contribution in [2.75, 3.05) is 6.54 Å². The summed E-state index contributed by atoms with van der Waals surface area (Å²) >= 11 is 0. The van der Waals surface area contributed by atoms with Gasteiger partial charge in [-0.3, -0.25) is 9.36 Å². The van der Waals surface area contributed by atoms with Crippen molar-refractivity contribution in [2.45, 2.75) is 18.9 Å². The fraction of sp³-hybridized carbons (Fsp3) is 0.222. The third-order valence-corrected chi connectivity index (χ3v) is 4.26. The molecule has 5 heteroatoms. The van der Waals surface area contributed by atoms with Crippen LogP contribution < -0.4 is 10.9 Å². The van der Waals surface area contributed by atoms with Crippen molar-refractivity contribution in [3.8, 4) is 5.69 Å². The fourth-order valence-electron chi connectivity index (χ4n) is 3.17. The van der Waals surface area contributed by atoms with Crippen LogP contribution in [0.4, 0.5) is 4.39 Å². The predicted octanol–water partition coefficient (Wildman–Crippen LogP) is 2.95. The number of halogens is 1. The minimum atomic E-state index is -0.532. The molecule has 0 unspecified atom stereocenters. The number of hydrogen-bond donors (Lipinski definition) is 1. The van der Waals surface area contributed by atoms with Crippen LogP contribution in [0.25, 0.3) is 16.6 Å². The summed E-state index contributed by atoms with van der Waals surface area (Å²) in [6.07, 6.45) is 1.95. The molecule has 1 aromatic heterocycles. The monoisotopic (exact) mass is 309 g/mol. The van der Waals surface area contributed by atoms with E-state index in [-0.39, 0.29) is 17.0 Å². The maximum atomic E-state index is 14.2. The number of benzene rings is 2. The lowest BCUT2D eigenvalue weighted by Gasteiger charge is -2.18. The van der Waals surface area contributed by atoms with Crippen LogP contribution in [0.5, 0.6) is 0 Å². The van der Waals surface area contributed by atoms with Crippen molar-refractivity contribution in [1.82, 2.24) is 14.9 Å². The highest BCUT2D eigenvalue weighted by molar-refractivity contribution is 5.78. The van der Waals surface area contributed by atoms with Crippen LogP contribution in [-0.4, -0.2) is 16.1 Å². The standard InChI is InChI=1S/C18H16FN3O/c19-13-8-4-9-14-16(13)18(23)22(12-6-2-1-3-7-12)17(21-14)15-10-5-11-20-15/h1-4,6-9,15,20H,5,10-11H2/t15-/m0/s1. The topological polar surface area (TPSA) is 46.9 Å². The molecular weight excluding hydrogens is 293 g/mol. The minimum absolute atomic E-state index is 0.00979. The van der Waals surface area contributed by atoms with Gasteiger partial charge in [0, 0.05) is 0 Å². The van der Waals surface area contributed by atoms with Gasteiger partial charge in [-0.25, -0.2) is 9.37 Å². The van der Waals surface area contributed by atoms with Gasteiger partial charge in [0.25, 0.3) is 5.56 Å². The molecule has 0 radical (unpaired) electrons. The SMILES string of the molecule is O=c1c2c(F)cccc2nc([C@@H]2CCCN2)n1-c1ccccc1. The molecule has 4 nitrogen and oxygen atoms in total. The van der Waals surface area contributed by atoms with Crippen molar-refractivity contribution in [2.24, 2.45) is 0 Å². The second kappa shape index (κ2) is 5.59. The lowest BCUT2D eigenvalue weighted by atomic mass is 10.1. The Bertz CT molecular complexity index is 915. The van der Waals surface area contributed by atoms with Crippen LogP contribution in [0.2, 0.25) is 0 Å². The van der Waals surface area contributed by atoms with E-state index in [2.05, 4.69) is 10.3 Å². The molecule has 1 N–H and O–H groups in total. The maximum Gasteiger partial charge on any atom is 0.269 e. The number of para-hydroxylation sites is 1. The van der Waals surface area contributed by atoms with Crippen molar-refractivity contribution < 1.29 is 4.39 Å². The number of nitrogens with zero attached hydrogens (tertiary/aromatic N) is 2.